The Balaban J connectivity index is 1.40. The Morgan fingerprint density at radius 3 is 1.92 bits per heavy atom. The molecule has 7 nitrogen and oxygen atoms in total. The standard InChI is InChI=1S/C31H38BN3O4/c1-19-24-11-12-25(35-27(37)33(26(36)34(24)35)23-9-7-6-8-10-23)31(19,32-38-28(2,3)29(4,5)39-32)30-16-20-13-21(17-30)15-22(14-20)18-30/h6-12,20-22,24-25H,1,13-18H2,2-5H3. The summed E-state index contributed by atoms with van der Waals surface area (Å²) < 4.78 is 18.6. The molecule has 6 bridgehead atoms. The molecule has 2 aromatic rings. The predicted molar refractivity (Wildman–Crippen MR) is 150 cm³/mol. The van der Waals surface area contributed by atoms with Gasteiger partial charge in [-0.15, -0.1) is 0 Å². The average Bonchev–Trinajstić information content (AvgIpc) is 3.27. The van der Waals surface area contributed by atoms with E-state index in [9.17, 15) is 9.59 Å². The molecular weight excluding hydrogens is 489 g/mol. The van der Waals surface area contributed by atoms with Gasteiger partial charge in [0, 0.05) is 0 Å². The van der Waals surface area contributed by atoms with Gasteiger partial charge >= 0.3 is 18.5 Å². The molecule has 0 radical (unpaired) electrons. The Bertz CT molecular complexity index is 1490. The van der Waals surface area contributed by atoms with E-state index in [1.165, 1.54) is 23.8 Å². The van der Waals surface area contributed by atoms with Crippen molar-refractivity contribution in [2.75, 3.05) is 0 Å². The molecule has 3 aliphatic heterocycles. The zero-order valence-electron chi connectivity index (χ0n) is 23.4. The van der Waals surface area contributed by atoms with Crippen LogP contribution in [0.25, 0.3) is 5.69 Å². The first-order valence-electron chi connectivity index (χ1n) is 14.7. The number of rotatable bonds is 3. The molecule has 0 spiro atoms. The van der Waals surface area contributed by atoms with Crippen LogP contribution in [0.2, 0.25) is 5.31 Å². The van der Waals surface area contributed by atoms with Crippen LogP contribution < -0.4 is 11.4 Å². The highest BCUT2D eigenvalue weighted by Gasteiger charge is 2.75. The van der Waals surface area contributed by atoms with E-state index in [4.69, 9.17) is 15.9 Å². The van der Waals surface area contributed by atoms with Crippen molar-refractivity contribution < 1.29 is 9.31 Å². The summed E-state index contributed by atoms with van der Waals surface area (Å²) in [4.78, 5) is 28.2. The van der Waals surface area contributed by atoms with E-state index in [1.807, 2.05) is 30.3 Å². The van der Waals surface area contributed by atoms with Gasteiger partial charge in [-0.05, 0) is 107 Å². The summed E-state index contributed by atoms with van der Waals surface area (Å²) in [5.41, 5.74) is -0.194. The second-order valence-electron chi connectivity index (χ2n) is 14.4. The molecule has 8 aliphatic rings. The maximum atomic E-state index is 14.3. The lowest BCUT2D eigenvalue weighted by Crippen LogP contribution is -2.64. The first-order valence-corrected chi connectivity index (χ1v) is 14.7. The summed E-state index contributed by atoms with van der Waals surface area (Å²) in [5.74, 6) is 2.09. The van der Waals surface area contributed by atoms with Crippen LogP contribution >= 0.6 is 0 Å². The van der Waals surface area contributed by atoms with Gasteiger partial charge in [0.25, 0.3) is 0 Å². The monoisotopic (exact) mass is 527 g/mol. The van der Waals surface area contributed by atoms with Crippen LogP contribution in [0.1, 0.15) is 78.3 Å². The van der Waals surface area contributed by atoms with E-state index in [2.05, 4.69) is 39.8 Å². The minimum atomic E-state index is -0.646. The van der Waals surface area contributed by atoms with Crippen molar-refractivity contribution in [3.63, 3.8) is 0 Å². The van der Waals surface area contributed by atoms with Gasteiger partial charge in [0.1, 0.15) is 0 Å². The highest BCUT2D eigenvalue weighted by Crippen LogP contribution is 2.78. The Kier molecular flexibility index (Phi) is 4.59. The van der Waals surface area contributed by atoms with E-state index in [0.29, 0.717) is 23.4 Å². The summed E-state index contributed by atoms with van der Waals surface area (Å²) in [7, 11) is -0.556. The molecule has 1 aromatic heterocycles. The number of fused-ring (bicyclic) bond motifs is 1. The largest absolute Gasteiger partial charge is 0.472 e. The Hall–Kier alpha value is -2.58. The molecule has 3 unspecified atom stereocenters. The Labute approximate surface area is 229 Å². The molecule has 3 atom stereocenters. The summed E-state index contributed by atoms with van der Waals surface area (Å²) >= 11 is 0. The molecule has 1 saturated heterocycles. The van der Waals surface area contributed by atoms with Crippen molar-refractivity contribution in [2.45, 2.75) is 94.8 Å². The zero-order chi connectivity index (χ0) is 27.1. The third-order valence-corrected chi connectivity index (χ3v) is 11.9. The van der Waals surface area contributed by atoms with Crippen LogP contribution in [-0.4, -0.2) is 32.3 Å². The van der Waals surface area contributed by atoms with Crippen molar-refractivity contribution in [3.8, 4) is 5.69 Å². The average molecular weight is 527 g/mol. The van der Waals surface area contributed by atoms with Crippen molar-refractivity contribution in [3.05, 3.63) is 75.6 Å². The highest BCUT2D eigenvalue weighted by atomic mass is 16.7. The third-order valence-electron chi connectivity index (χ3n) is 11.9. The highest BCUT2D eigenvalue weighted by molar-refractivity contribution is 6.51. The summed E-state index contributed by atoms with van der Waals surface area (Å²) in [6, 6.07) is 8.42. The zero-order valence-corrected chi connectivity index (χ0v) is 23.4. The Morgan fingerprint density at radius 2 is 1.36 bits per heavy atom. The van der Waals surface area contributed by atoms with Gasteiger partial charge in [0.05, 0.1) is 34.3 Å². The minimum Gasteiger partial charge on any atom is -0.403 e. The molecule has 4 saturated carbocycles. The lowest BCUT2D eigenvalue weighted by Gasteiger charge is -2.68. The van der Waals surface area contributed by atoms with Crippen molar-refractivity contribution in [1.29, 1.82) is 0 Å². The molecule has 0 N–H and O–H groups in total. The number of hydrogen-bond acceptors (Lipinski definition) is 4. The van der Waals surface area contributed by atoms with E-state index in [1.54, 1.807) is 9.36 Å². The van der Waals surface area contributed by atoms with E-state index in [0.717, 1.165) is 24.8 Å². The van der Waals surface area contributed by atoms with Crippen LogP contribution in [0.15, 0.2) is 64.2 Å². The molecule has 10 rings (SSSR count). The quantitative estimate of drug-likeness (QED) is 0.413. The van der Waals surface area contributed by atoms with Crippen LogP contribution in [0.5, 0.6) is 0 Å². The SMILES string of the molecule is C=C1C2C=CC(n3c(=O)n(-c4ccccc4)c(=O)n32)C1(B1OC(C)(C)C(C)(C)O1)C12CC3CC(CC(C3)C1)C2. The van der Waals surface area contributed by atoms with Gasteiger partial charge in [-0.3, -0.25) is 0 Å². The number of hydrogen-bond donors (Lipinski definition) is 0. The molecule has 39 heavy (non-hydrogen) atoms. The molecule has 5 aliphatic carbocycles. The number of aromatic nitrogens is 3. The maximum absolute atomic E-state index is 14.3. The first kappa shape index (κ1) is 24.2. The predicted octanol–water partition coefficient (Wildman–Crippen LogP) is 5.07. The van der Waals surface area contributed by atoms with Gasteiger partial charge in [0.2, 0.25) is 0 Å². The maximum Gasteiger partial charge on any atom is 0.472 e. The smallest absolute Gasteiger partial charge is 0.403 e. The van der Waals surface area contributed by atoms with Crippen LogP contribution in [0.4, 0.5) is 0 Å². The fraction of sp³-hybridized carbons (Fsp3) is 0.613. The molecular formula is C31H38BN3O4. The van der Waals surface area contributed by atoms with Gasteiger partial charge in [-0.1, -0.05) is 36.9 Å². The summed E-state index contributed by atoms with van der Waals surface area (Å²) in [6.45, 7) is 13.2. The van der Waals surface area contributed by atoms with Gasteiger partial charge in [0.15, 0.2) is 0 Å². The number of para-hydroxylation sites is 1. The number of allylic oxidation sites excluding steroid dienone is 3. The van der Waals surface area contributed by atoms with Crippen molar-refractivity contribution in [2.24, 2.45) is 23.2 Å². The second-order valence-corrected chi connectivity index (χ2v) is 14.4. The molecule has 204 valence electrons. The number of benzene rings is 1. The molecule has 0 amide bonds. The fourth-order valence-corrected chi connectivity index (χ4v) is 10.0. The minimum absolute atomic E-state index is 0.0940. The van der Waals surface area contributed by atoms with E-state index in [-0.39, 0.29) is 16.8 Å². The van der Waals surface area contributed by atoms with E-state index < -0.39 is 35.7 Å². The van der Waals surface area contributed by atoms with Crippen molar-refractivity contribution >= 4 is 7.12 Å². The summed E-state index contributed by atoms with van der Waals surface area (Å²) in [5, 5.41) is -0.646. The lowest BCUT2D eigenvalue weighted by molar-refractivity contribution is -0.0962. The first-order chi connectivity index (χ1) is 18.5. The molecule has 8 heteroatoms. The number of nitrogens with zero attached hydrogens (tertiary/aromatic N) is 3. The van der Waals surface area contributed by atoms with Crippen LogP contribution in [0.3, 0.4) is 0 Å². The topological polar surface area (TPSA) is 67.4 Å². The fourth-order valence-electron chi connectivity index (χ4n) is 10.0. The van der Waals surface area contributed by atoms with E-state index >= 15 is 0 Å². The third kappa shape index (κ3) is 2.77. The summed E-state index contributed by atoms with van der Waals surface area (Å²) in [6.07, 6.45) is 11.5. The van der Waals surface area contributed by atoms with Crippen LogP contribution in [0, 0.1) is 23.2 Å². The van der Waals surface area contributed by atoms with Gasteiger partial charge in [-0.2, -0.15) is 0 Å². The van der Waals surface area contributed by atoms with Gasteiger partial charge < -0.3 is 9.31 Å². The second kappa shape index (κ2) is 7.38. The molecule has 1 aromatic carbocycles. The lowest BCUT2D eigenvalue weighted by atomic mass is 9.30. The van der Waals surface area contributed by atoms with Crippen molar-refractivity contribution in [1.82, 2.24) is 13.9 Å². The van der Waals surface area contributed by atoms with Crippen LogP contribution in [-0.2, 0) is 9.31 Å². The molecule has 5 fully saturated rings. The van der Waals surface area contributed by atoms with Gasteiger partial charge in [-0.25, -0.2) is 23.5 Å². The normalized spacial score (nSPS) is 40.5. The Morgan fingerprint density at radius 1 is 0.821 bits per heavy atom. The molecule has 4 heterocycles.